The molecule has 3 rings (SSSR count). The second-order valence-electron chi connectivity index (χ2n) is 6.35. The van der Waals surface area contributed by atoms with Crippen LogP contribution in [-0.4, -0.2) is 25.4 Å². The van der Waals surface area contributed by atoms with Crippen molar-refractivity contribution in [2.75, 3.05) is 13.1 Å². The SMILES string of the molecule is CC.CC.CCNC(=O)c1ccc2c(-c3ccc(C(F)(F)F)cc3)cccc2c1.CCNC=O. The predicted octanol–water partition coefficient (Wildman–Crippen LogP) is 7.08. The van der Waals surface area contributed by atoms with E-state index in [9.17, 15) is 22.8 Å². The van der Waals surface area contributed by atoms with E-state index in [1.54, 1.807) is 12.1 Å². The first-order valence-corrected chi connectivity index (χ1v) is 11.5. The molecule has 0 unspecified atom stereocenters. The van der Waals surface area contributed by atoms with Crippen molar-refractivity contribution in [2.24, 2.45) is 0 Å². The summed E-state index contributed by atoms with van der Waals surface area (Å²) in [4.78, 5) is 21.3. The quantitative estimate of drug-likeness (QED) is 0.387. The molecule has 0 aliphatic carbocycles. The Morgan fingerprint density at radius 1 is 0.882 bits per heavy atom. The maximum Gasteiger partial charge on any atom is 0.416 e. The first-order valence-electron chi connectivity index (χ1n) is 11.5. The normalized spacial score (nSPS) is 9.79. The van der Waals surface area contributed by atoms with Crippen molar-refractivity contribution in [3.05, 3.63) is 71.8 Å². The van der Waals surface area contributed by atoms with E-state index in [0.29, 0.717) is 24.1 Å². The second kappa shape index (κ2) is 16.3. The Labute approximate surface area is 200 Å². The third-order valence-electron chi connectivity index (χ3n) is 4.29. The fourth-order valence-electron chi connectivity index (χ4n) is 2.86. The third kappa shape index (κ3) is 9.25. The lowest BCUT2D eigenvalue weighted by atomic mass is 9.96. The molecular weight excluding hydrogens is 441 g/mol. The van der Waals surface area contributed by atoms with Gasteiger partial charge in [0.05, 0.1) is 5.56 Å². The summed E-state index contributed by atoms with van der Waals surface area (Å²) in [5.41, 5.74) is 1.41. The lowest BCUT2D eigenvalue weighted by molar-refractivity contribution is -0.137. The highest BCUT2D eigenvalue weighted by Crippen LogP contribution is 2.33. The first-order chi connectivity index (χ1) is 16.3. The summed E-state index contributed by atoms with van der Waals surface area (Å²) in [5.74, 6) is -0.149. The fourth-order valence-corrected chi connectivity index (χ4v) is 2.86. The summed E-state index contributed by atoms with van der Waals surface area (Å²) in [6.07, 6.45) is -3.67. The van der Waals surface area contributed by atoms with Crippen LogP contribution in [0, 0.1) is 0 Å². The first kappa shape index (κ1) is 30.6. The standard InChI is InChI=1S/C20H16F3NO.C3H7NO.2C2H6/c1-2-24-19(25)15-8-11-18-14(12-15)4-3-5-17(18)13-6-9-16(10-7-13)20(21,22)23;1-2-4-3-5;2*1-2/h3-12H,2H2,1H3,(H,24,25);3H,2H2,1H3,(H,4,5);2*1-2H3. The Morgan fingerprint density at radius 2 is 1.50 bits per heavy atom. The number of fused-ring (bicyclic) bond motifs is 1. The van der Waals surface area contributed by atoms with Crippen molar-refractivity contribution < 1.29 is 22.8 Å². The van der Waals surface area contributed by atoms with Crippen molar-refractivity contribution >= 4 is 23.1 Å². The van der Waals surface area contributed by atoms with Gasteiger partial charge in [0.2, 0.25) is 6.41 Å². The summed E-state index contributed by atoms with van der Waals surface area (Å²) in [6.45, 7) is 13.0. The van der Waals surface area contributed by atoms with E-state index >= 15 is 0 Å². The zero-order valence-electron chi connectivity index (χ0n) is 20.7. The highest BCUT2D eigenvalue weighted by atomic mass is 19.4. The van der Waals surface area contributed by atoms with Crippen LogP contribution in [-0.2, 0) is 11.0 Å². The molecular formula is C27H35F3N2O2. The highest BCUT2D eigenvalue weighted by Gasteiger charge is 2.30. The van der Waals surface area contributed by atoms with Crippen molar-refractivity contribution in [1.29, 1.82) is 0 Å². The molecule has 0 heterocycles. The molecule has 3 aromatic rings. The maximum absolute atomic E-state index is 12.7. The number of alkyl halides is 3. The molecule has 186 valence electrons. The van der Waals surface area contributed by atoms with Gasteiger partial charge < -0.3 is 10.6 Å². The Bertz CT molecular complexity index is 1000. The van der Waals surface area contributed by atoms with Gasteiger partial charge in [-0.15, -0.1) is 0 Å². The van der Waals surface area contributed by atoms with Crippen molar-refractivity contribution in [2.45, 2.75) is 47.7 Å². The molecule has 0 aliphatic rings. The van der Waals surface area contributed by atoms with E-state index in [1.807, 2.05) is 65.8 Å². The summed E-state index contributed by atoms with van der Waals surface area (Å²) >= 11 is 0. The molecule has 0 aromatic heterocycles. The van der Waals surface area contributed by atoms with Crippen LogP contribution in [0.25, 0.3) is 21.9 Å². The van der Waals surface area contributed by atoms with E-state index < -0.39 is 11.7 Å². The number of carbonyl (C=O) groups is 2. The molecule has 0 atom stereocenters. The molecule has 0 saturated carbocycles. The average Bonchev–Trinajstić information content (AvgIpc) is 2.86. The molecule has 2 amide bonds. The van der Waals surface area contributed by atoms with E-state index in [4.69, 9.17) is 0 Å². The lowest BCUT2D eigenvalue weighted by Crippen LogP contribution is -2.22. The van der Waals surface area contributed by atoms with Crippen LogP contribution >= 0.6 is 0 Å². The molecule has 0 spiro atoms. The molecule has 2 N–H and O–H groups in total. The number of halogens is 3. The zero-order valence-corrected chi connectivity index (χ0v) is 20.7. The van der Waals surface area contributed by atoms with Gasteiger partial charge in [0.25, 0.3) is 5.91 Å². The van der Waals surface area contributed by atoms with Gasteiger partial charge in [-0.3, -0.25) is 9.59 Å². The molecule has 0 aliphatic heterocycles. The van der Waals surface area contributed by atoms with Crippen molar-refractivity contribution in [1.82, 2.24) is 10.6 Å². The van der Waals surface area contributed by atoms with Crippen molar-refractivity contribution in [3.8, 4) is 11.1 Å². The molecule has 7 heteroatoms. The topological polar surface area (TPSA) is 58.2 Å². The summed E-state index contributed by atoms with van der Waals surface area (Å²) in [7, 11) is 0. The number of benzene rings is 3. The number of carbonyl (C=O) groups excluding carboxylic acids is 2. The molecule has 0 radical (unpaired) electrons. The van der Waals surface area contributed by atoms with Crippen molar-refractivity contribution in [3.63, 3.8) is 0 Å². The Kier molecular flexibility index (Phi) is 14.7. The summed E-state index contributed by atoms with van der Waals surface area (Å²) in [5, 5.41) is 6.92. The Morgan fingerprint density at radius 3 is 1.97 bits per heavy atom. The number of rotatable bonds is 5. The molecule has 0 bridgehead atoms. The van der Waals surface area contributed by atoms with Gasteiger partial charge in [0.15, 0.2) is 0 Å². The predicted molar refractivity (Wildman–Crippen MR) is 135 cm³/mol. The minimum atomic E-state index is -4.35. The van der Waals surface area contributed by atoms with Crippen LogP contribution in [0.2, 0.25) is 0 Å². The van der Waals surface area contributed by atoms with Crippen LogP contribution in [0.4, 0.5) is 13.2 Å². The van der Waals surface area contributed by atoms with Crippen LogP contribution in [0.5, 0.6) is 0 Å². The molecule has 0 fully saturated rings. The van der Waals surface area contributed by atoms with Gasteiger partial charge in [-0.25, -0.2) is 0 Å². The van der Waals surface area contributed by atoms with Crippen LogP contribution < -0.4 is 10.6 Å². The average molecular weight is 477 g/mol. The number of hydrogen-bond acceptors (Lipinski definition) is 2. The van der Waals surface area contributed by atoms with Gasteiger partial charge in [0.1, 0.15) is 0 Å². The van der Waals surface area contributed by atoms with Gasteiger partial charge >= 0.3 is 6.18 Å². The van der Waals surface area contributed by atoms with Crippen LogP contribution in [0.3, 0.4) is 0 Å². The van der Waals surface area contributed by atoms with Crippen LogP contribution in [0.1, 0.15) is 57.5 Å². The summed E-state index contributed by atoms with van der Waals surface area (Å²) in [6, 6.07) is 16.0. The maximum atomic E-state index is 12.7. The molecule has 4 nitrogen and oxygen atoms in total. The highest BCUT2D eigenvalue weighted by molar-refractivity contribution is 6.02. The monoisotopic (exact) mass is 476 g/mol. The van der Waals surface area contributed by atoms with E-state index in [2.05, 4.69) is 10.6 Å². The van der Waals surface area contributed by atoms with Gasteiger partial charge in [-0.2, -0.15) is 13.2 Å². The molecule has 34 heavy (non-hydrogen) atoms. The minimum absolute atomic E-state index is 0.149. The van der Waals surface area contributed by atoms with Crippen LogP contribution in [0.15, 0.2) is 60.7 Å². The van der Waals surface area contributed by atoms with Gasteiger partial charge in [-0.05, 0) is 60.0 Å². The van der Waals surface area contributed by atoms with Gasteiger partial charge in [0, 0.05) is 18.7 Å². The Hall–Kier alpha value is -3.35. The van der Waals surface area contributed by atoms with Gasteiger partial charge in [-0.1, -0.05) is 64.1 Å². The smallest absolute Gasteiger partial charge is 0.359 e. The van der Waals surface area contributed by atoms with E-state index in [0.717, 1.165) is 35.0 Å². The number of amides is 2. The second-order valence-corrected chi connectivity index (χ2v) is 6.35. The molecule has 0 saturated heterocycles. The zero-order chi connectivity index (χ0) is 26.1. The number of nitrogens with one attached hydrogen (secondary N) is 2. The molecule has 3 aromatic carbocycles. The summed E-state index contributed by atoms with van der Waals surface area (Å²) < 4.78 is 38.2. The van der Waals surface area contributed by atoms with E-state index in [-0.39, 0.29) is 5.91 Å². The fraction of sp³-hybridized carbons (Fsp3) is 0.333. The lowest BCUT2D eigenvalue weighted by Gasteiger charge is -2.11. The van der Waals surface area contributed by atoms with E-state index in [1.165, 1.54) is 12.1 Å². The minimum Gasteiger partial charge on any atom is -0.359 e. The third-order valence-corrected chi connectivity index (χ3v) is 4.29. The number of hydrogen-bond donors (Lipinski definition) is 2. The largest absolute Gasteiger partial charge is 0.416 e. The Balaban J connectivity index is 0.00000106.